The molecule has 0 unspecified atom stereocenters. The molecule has 0 spiro atoms. The fraction of sp³-hybridized carbons (Fsp3) is 0. The van der Waals surface area contributed by atoms with Gasteiger partial charge in [-0.15, -0.1) is 0 Å². The molecule has 0 amide bonds. The van der Waals surface area contributed by atoms with Crippen molar-refractivity contribution in [1.82, 2.24) is 0 Å². The molecule has 0 aliphatic rings. The number of carboxylic acids is 1. The lowest BCUT2D eigenvalue weighted by Crippen LogP contribution is -2.01. The van der Waals surface area contributed by atoms with Gasteiger partial charge in [-0.2, -0.15) is 5.26 Å². The smallest absolute Gasteiger partial charge is 0.338 e. The summed E-state index contributed by atoms with van der Waals surface area (Å²) in [5.74, 6) is -2.49. The molecule has 0 bridgehead atoms. The first kappa shape index (κ1) is 9.49. The second kappa shape index (κ2) is 3.42. The summed E-state index contributed by atoms with van der Waals surface area (Å²) in [6.45, 7) is 0. The van der Waals surface area contributed by atoms with Gasteiger partial charge >= 0.3 is 5.97 Å². The van der Waals surface area contributed by atoms with Gasteiger partial charge in [-0.25, -0.2) is 9.18 Å². The minimum atomic E-state index is -1.41. The molecule has 0 atom stereocenters. The SMILES string of the molecule is N#Cc1ccc(C(=O)O)c(F)c1Cl. The minimum absolute atomic E-state index is 0.0795. The molecule has 0 aliphatic heterocycles. The van der Waals surface area contributed by atoms with E-state index >= 15 is 0 Å². The highest BCUT2D eigenvalue weighted by Gasteiger charge is 2.15. The van der Waals surface area contributed by atoms with E-state index in [-0.39, 0.29) is 5.56 Å². The topological polar surface area (TPSA) is 61.1 Å². The normalized spacial score (nSPS) is 9.31. The maximum Gasteiger partial charge on any atom is 0.338 e. The van der Waals surface area contributed by atoms with Crippen molar-refractivity contribution >= 4 is 17.6 Å². The number of nitriles is 1. The molecule has 0 radical (unpaired) electrons. The number of nitrogens with zero attached hydrogens (tertiary/aromatic N) is 1. The summed E-state index contributed by atoms with van der Waals surface area (Å²) < 4.78 is 13.0. The van der Waals surface area contributed by atoms with Crippen molar-refractivity contribution in [2.45, 2.75) is 0 Å². The van der Waals surface area contributed by atoms with Crippen molar-refractivity contribution in [1.29, 1.82) is 5.26 Å². The number of carbonyl (C=O) groups is 1. The van der Waals surface area contributed by atoms with Gasteiger partial charge < -0.3 is 5.11 Å². The Balaban J connectivity index is 3.42. The number of hydrogen-bond donors (Lipinski definition) is 1. The number of carboxylic acid groups (broad SMARTS) is 1. The summed E-state index contributed by atoms with van der Waals surface area (Å²) in [4.78, 5) is 10.4. The second-order valence-corrected chi connectivity index (χ2v) is 2.58. The van der Waals surface area contributed by atoms with E-state index in [1.165, 1.54) is 0 Å². The van der Waals surface area contributed by atoms with Crippen LogP contribution in [-0.2, 0) is 0 Å². The van der Waals surface area contributed by atoms with Gasteiger partial charge in [-0.1, -0.05) is 11.6 Å². The fourth-order valence-corrected chi connectivity index (χ4v) is 1.01. The zero-order chi connectivity index (χ0) is 10.0. The van der Waals surface area contributed by atoms with Crippen LogP contribution in [-0.4, -0.2) is 11.1 Å². The predicted octanol–water partition coefficient (Wildman–Crippen LogP) is 2.05. The van der Waals surface area contributed by atoms with Gasteiger partial charge in [0.1, 0.15) is 6.07 Å². The van der Waals surface area contributed by atoms with Crippen LogP contribution in [0.3, 0.4) is 0 Å². The molecule has 5 heteroatoms. The molecule has 0 saturated heterocycles. The number of halogens is 2. The largest absolute Gasteiger partial charge is 0.478 e. The number of rotatable bonds is 1. The van der Waals surface area contributed by atoms with E-state index < -0.39 is 22.4 Å². The third kappa shape index (κ3) is 1.60. The van der Waals surface area contributed by atoms with Crippen molar-refractivity contribution in [3.8, 4) is 6.07 Å². The molecular weight excluding hydrogens is 197 g/mol. The highest BCUT2D eigenvalue weighted by molar-refractivity contribution is 6.32. The Bertz CT molecular complexity index is 411. The summed E-state index contributed by atoms with van der Waals surface area (Å²) >= 11 is 5.38. The van der Waals surface area contributed by atoms with Gasteiger partial charge in [0, 0.05) is 0 Å². The van der Waals surface area contributed by atoms with Crippen molar-refractivity contribution in [3.63, 3.8) is 0 Å². The van der Waals surface area contributed by atoms with Crippen LogP contribution < -0.4 is 0 Å². The van der Waals surface area contributed by atoms with Gasteiger partial charge in [0.05, 0.1) is 16.1 Å². The molecule has 0 saturated carbocycles. The fourth-order valence-electron chi connectivity index (χ4n) is 0.801. The molecule has 1 aromatic carbocycles. The average Bonchev–Trinajstić information content (AvgIpc) is 2.09. The van der Waals surface area contributed by atoms with E-state index in [1.807, 2.05) is 0 Å². The zero-order valence-corrected chi connectivity index (χ0v) is 6.97. The van der Waals surface area contributed by atoms with E-state index in [2.05, 4.69) is 0 Å². The first-order valence-corrected chi connectivity index (χ1v) is 3.57. The van der Waals surface area contributed by atoms with Crippen LogP contribution in [0.25, 0.3) is 0 Å². The lowest BCUT2D eigenvalue weighted by molar-refractivity contribution is 0.0692. The zero-order valence-electron chi connectivity index (χ0n) is 6.21. The maximum absolute atomic E-state index is 13.0. The molecule has 1 aromatic rings. The van der Waals surface area contributed by atoms with Crippen LogP contribution >= 0.6 is 11.6 Å². The number of aromatic carboxylic acids is 1. The summed E-state index contributed by atoms with van der Waals surface area (Å²) in [6.07, 6.45) is 0. The predicted molar refractivity (Wildman–Crippen MR) is 43.1 cm³/mol. The Morgan fingerprint density at radius 1 is 1.62 bits per heavy atom. The van der Waals surface area contributed by atoms with Crippen molar-refractivity contribution in [2.75, 3.05) is 0 Å². The van der Waals surface area contributed by atoms with Crippen LogP contribution in [0.4, 0.5) is 4.39 Å². The molecule has 13 heavy (non-hydrogen) atoms. The van der Waals surface area contributed by atoms with Crippen molar-refractivity contribution in [3.05, 3.63) is 34.1 Å². The van der Waals surface area contributed by atoms with E-state index in [0.717, 1.165) is 12.1 Å². The summed E-state index contributed by atoms with van der Waals surface area (Å²) in [6, 6.07) is 3.80. The molecular formula is C8H3ClFNO2. The minimum Gasteiger partial charge on any atom is -0.478 e. The lowest BCUT2D eigenvalue weighted by atomic mass is 10.1. The number of benzene rings is 1. The highest BCUT2D eigenvalue weighted by Crippen LogP contribution is 2.22. The van der Waals surface area contributed by atoms with E-state index in [1.54, 1.807) is 6.07 Å². The lowest BCUT2D eigenvalue weighted by Gasteiger charge is -2.00. The summed E-state index contributed by atoms with van der Waals surface area (Å²) in [5.41, 5.74) is -0.617. The van der Waals surface area contributed by atoms with Crippen LogP contribution in [0, 0.1) is 17.1 Å². The van der Waals surface area contributed by atoms with Gasteiger partial charge in [-0.3, -0.25) is 0 Å². The summed E-state index contributed by atoms with van der Waals surface area (Å²) in [5, 5.41) is 16.4. The second-order valence-electron chi connectivity index (χ2n) is 2.21. The summed E-state index contributed by atoms with van der Waals surface area (Å²) in [7, 11) is 0. The Hall–Kier alpha value is -1.60. The average molecular weight is 200 g/mol. The third-order valence-electron chi connectivity index (χ3n) is 1.43. The molecule has 0 aromatic heterocycles. The molecule has 0 heterocycles. The van der Waals surface area contributed by atoms with E-state index in [4.69, 9.17) is 22.0 Å². The van der Waals surface area contributed by atoms with Crippen LogP contribution in [0.1, 0.15) is 15.9 Å². The first-order chi connectivity index (χ1) is 6.07. The molecule has 0 aliphatic carbocycles. The molecule has 0 fully saturated rings. The van der Waals surface area contributed by atoms with Gasteiger partial charge in [0.15, 0.2) is 5.82 Å². The first-order valence-electron chi connectivity index (χ1n) is 3.19. The van der Waals surface area contributed by atoms with Crippen molar-refractivity contribution < 1.29 is 14.3 Å². The van der Waals surface area contributed by atoms with E-state index in [0.29, 0.717) is 0 Å². The Kier molecular flexibility index (Phi) is 2.49. The van der Waals surface area contributed by atoms with E-state index in [9.17, 15) is 9.18 Å². The Labute approximate surface area is 78.0 Å². The molecule has 1 N–H and O–H groups in total. The molecule has 1 rings (SSSR count). The van der Waals surface area contributed by atoms with Crippen LogP contribution in [0.15, 0.2) is 12.1 Å². The standard InChI is InChI=1S/C8H3ClFNO2/c9-6-4(3-11)1-2-5(7(6)10)8(12)13/h1-2H,(H,12,13). The Morgan fingerprint density at radius 2 is 2.23 bits per heavy atom. The number of hydrogen-bond acceptors (Lipinski definition) is 2. The Morgan fingerprint density at radius 3 is 2.69 bits per heavy atom. The monoisotopic (exact) mass is 199 g/mol. The van der Waals surface area contributed by atoms with Crippen LogP contribution in [0.2, 0.25) is 5.02 Å². The van der Waals surface area contributed by atoms with Gasteiger partial charge in [-0.05, 0) is 12.1 Å². The highest BCUT2D eigenvalue weighted by atomic mass is 35.5. The quantitative estimate of drug-likeness (QED) is 0.753. The molecule has 66 valence electrons. The van der Waals surface area contributed by atoms with Gasteiger partial charge in [0.25, 0.3) is 0 Å². The third-order valence-corrected chi connectivity index (χ3v) is 1.80. The van der Waals surface area contributed by atoms with Gasteiger partial charge in [0.2, 0.25) is 0 Å². The van der Waals surface area contributed by atoms with Crippen molar-refractivity contribution in [2.24, 2.45) is 0 Å². The van der Waals surface area contributed by atoms with Crippen LogP contribution in [0.5, 0.6) is 0 Å². The molecule has 3 nitrogen and oxygen atoms in total. The maximum atomic E-state index is 13.0.